The minimum absolute atomic E-state index is 0.104. The first kappa shape index (κ1) is 10.5. The summed E-state index contributed by atoms with van der Waals surface area (Å²) in [6.45, 7) is 3.62. The third-order valence-electron chi connectivity index (χ3n) is 2.57. The maximum atomic E-state index is 11.5. The number of carbonyl (C=O) groups excluding carboxylic acids is 1. The number of aliphatic hydroxyl groups is 1. The number of hydrogen-bond acceptors (Lipinski definition) is 4. The molecule has 0 aromatic carbocycles. The molecular formula is C9H17NO3. The highest BCUT2D eigenvalue weighted by Crippen LogP contribution is 2.29. The molecule has 2 N–H and O–H groups in total. The molecule has 1 aliphatic rings. The van der Waals surface area contributed by atoms with E-state index in [0.29, 0.717) is 19.4 Å². The molecule has 0 amide bonds. The number of esters is 1. The van der Waals surface area contributed by atoms with E-state index >= 15 is 0 Å². The van der Waals surface area contributed by atoms with Gasteiger partial charge in [-0.05, 0) is 32.9 Å². The summed E-state index contributed by atoms with van der Waals surface area (Å²) in [5, 5.41) is 12.4. The second-order valence-electron chi connectivity index (χ2n) is 3.41. The molecule has 0 spiro atoms. The van der Waals surface area contributed by atoms with Crippen molar-refractivity contribution in [3.8, 4) is 0 Å². The fraction of sp³-hybridized carbons (Fsp3) is 0.889. The van der Waals surface area contributed by atoms with Gasteiger partial charge in [0.15, 0.2) is 0 Å². The van der Waals surface area contributed by atoms with Gasteiger partial charge in [0.25, 0.3) is 0 Å². The standard InChI is InChI=1S/C9H17NO3/c1-2-13-8(12)9(7-11)3-5-10-6-4-9/h10-11H,2-7H2,1H3. The molecule has 0 aromatic heterocycles. The molecule has 1 rings (SSSR count). The van der Waals surface area contributed by atoms with Crippen LogP contribution in [0.2, 0.25) is 0 Å². The Balaban J connectivity index is 2.61. The Morgan fingerprint density at radius 1 is 1.54 bits per heavy atom. The summed E-state index contributed by atoms with van der Waals surface area (Å²) in [7, 11) is 0. The van der Waals surface area contributed by atoms with Crippen molar-refractivity contribution in [1.82, 2.24) is 5.32 Å². The summed E-state index contributed by atoms with van der Waals surface area (Å²) < 4.78 is 4.95. The molecule has 1 aliphatic heterocycles. The molecule has 0 aromatic rings. The first-order valence-electron chi connectivity index (χ1n) is 4.74. The topological polar surface area (TPSA) is 58.6 Å². The van der Waals surface area contributed by atoms with Gasteiger partial charge in [0.05, 0.1) is 18.6 Å². The predicted octanol–water partition coefficient (Wildman–Crippen LogP) is -0.0884. The molecule has 1 heterocycles. The summed E-state index contributed by atoms with van der Waals surface area (Å²) in [6, 6.07) is 0. The Bertz CT molecular complexity index is 176. The molecule has 1 saturated heterocycles. The van der Waals surface area contributed by atoms with Crippen molar-refractivity contribution in [2.45, 2.75) is 19.8 Å². The van der Waals surface area contributed by atoms with E-state index in [1.807, 2.05) is 0 Å². The van der Waals surface area contributed by atoms with Gasteiger partial charge >= 0.3 is 5.97 Å². The zero-order valence-corrected chi connectivity index (χ0v) is 8.01. The third kappa shape index (κ3) is 2.19. The lowest BCUT2D eigenvalue weighted by Gasteiger charge is -2.33. The minimum Gasteiger partial charge on any atom is -0.465 e. The minimum atomic E-state index is -0.638. The number of rotatable bonds is 3. The average Bonchev–Trinajstić information content (AvgIpc) is 2.19. The summed E-state index contributed by atoms with van der Waals surface area (Å²) in [6.07, 6.45) is 1.34. The van der Waals surface area contributed by atoms with E-state index in [-0.39, 0.29) is 12.6 Å². The van der Waals surface area contributed by atoms with Gasteiger partial charge in [-0.1, -0.05) is 0 Å². The normalized spacial score (nSPS) is 21.1. The number of aliphatic hydroxyl groups excluding tert-OH is 1. The smallest absolute Gasteiger partial charge is 0.314 e. The predicted molar refractivity (Wildman–Crippen MR) is 48.3 cm³/mol. The van der Waals surface area contributed by atoms with E-state index < -0.39 is 5.41 Å². The van der Waals surface area contributed by atoms with Crippen LogP contribution in [0.25, 0.3) is 0 Å². The fourth-order valence-corrected chi connectivity index (χ4v) is 1.62. The average molecular weight is 187 g/mol. The molecule has 1 fully saturated rings. The van der Waals surface area contributed by atoms with Crippen molar-refractivity contribution in [3.05, 3.63) is 0 Å². The first-order chi connectivity index (χ1) is 6.25. The zero-order chi connectivity index (χ0) is 9.73. The van der Waals surface area contributed by atoms with Crippen molar-refractivity contribution in [3.63, 3.8) is 0 Å². The molecule has 4 nitrogen and oxygen atoms in total. The Morgan fingerprint density at radius 3 is 2.62 bits per heavy atom. The van der Waals surface area contributed by atoms with Gasteiger partial charge in [0, 0.05) is 0 Å². The maximum Gasteiger partial charge on any atom is 0.314 e. The highest BCUT2D eigenvalue weighted by molar-refractivity contribution is 5.77. The molecule has 76 valence electrons. The number of carbonyl (C=O) groups is 1. The van der Waals surface area contributed by atoms with E-state index in [4.69, 9.17) is 4.74 Å². The molecular weight excluding hydrogens is 170 g/mol. The summed E-state index contributed by atoms with van der Waals surface area (Å²) >= 11 is 0. The molecule has 0 unspecified atom stereocenters. The van der Waals surface area contributed by atoms with Crippen LogP contribution in [0.5, 0.6) is 0 Å². The van der Waals surface area contributed by atoms with Crippen LogP contribution in [0, 0.1) is 5.41 Å². The molecule has 0 atom stereocenters. The molecule has 0 aliphatic carbocycles. The van der Waals surface area contributed by atoms with Gasteiger partial charge in [-0.15, -0.1) is 0 Å². The number of hydrogen-bond donors (Lipinski definition) is 2. The highest BCUT2D eigenvalue weighted by Gasteiger charge is 2.40. The summed E-state index contributed by atoms with van der Waals surface area (Å²) in [5.74, 6) is -0.251. The van der Waals surface area contributed by atoms with Crippen LogP contribution >= 0.6 is 0 Å². The Labute approximate surface area is 78.3 Å². The van der Waals surface area contributed by atoms with Crippen LogP contribution in [0.3, 0.4) is 0 Å². The number of nitrogens with one attached hydrogen (secondary N) is 1. The molecule has 13 heavy (non-hydrogen) atoms. The van der Waals surface area contributed by atoms with Crippen LogP contribution in [-0.4, -0.2) is 37.4 Å². The van der Waals surface area contributed by atoms with E-state index in [2.05, 4.69) is 5.32 Å². The van der Waals surface area contributed by atoms with Crippen molar-refractivity contribution in [1.29, 1.82) is 0 Å². The quantitative estimate of drug-likeness (QED) is 0.606. The summed E-state index contributed by atoms with van der Waals surface area (Å²) in [4.78, 5) is 11.5. The van der Waals surface area contributed by atoms with Crippen LogP contribution in [0.4, 0.5) is 0 Å². The Kier molecular flexibility index (Phi) is 3.69. The summed E-state index contributed by atoms with van der Waals surface area (Å²) in [5.41, 5.74) is -0.638. The van der Waals surface area contributed by atoms with E-state index in [1.54, 1.807) is 6.92 Å². The monoisotopic (exact) mass is 187 g/mol. The molecule has 4 heteroatoms. The largest absolute Gasteiger partial charge is 0.465 e. The lowest BCUT2D eigenvalue weighted by Crippen LogP contribution is -2.45. The van der Waals surface area contributed by atoms with Gasteiger partial charge in [-0.25, -0.2) is 0 Å². The lowest BCUT2D eigenvalue weighted by molar-refractivity contribution is -0.160. The van der Waals surface area contributed by atoms with Gasteiger partial charge < -0.3 is 15.2 Å². The van der Waals surface area contributed by atoms with Gasteiger partial charge in [0.1, 0.15) is 0 Å². The molecule has 0 bridgehead atoms. The van der Waals surface area contributed by atoms with Gasteiger partial charge in [-0.2, -0.15) is 0 Å². The SMILES string of the molecule is CCOC(=O)C1(CO)CCNCC1. The van der Waals surface area contributed by atoms with Gasteiger partial charge in [0.2, 0.25) is 0 Å². The Morgan fingerprint density at radius 2 is 2.15 bits per heavy atom. The van der Waals surface area contributed by atoms with Crippen LogP contribution in [0.1, 0.15) is 19.8 Å². The van der Waals surface area contributed by atoms with Crippen LogP contribution in [-0.2, 0) is 9.53 Å². The second kappa shape index (κ2) is 4.58. The van der Waals surface area contributed by atoms with Crippen molar-refractivity contribution in [2.75, 3.05) is 26.3 Å². The van der Waals surface area contributed by atoms with E-state index in [0.717, 1.165) is 13.1 Å². The lowest BCUT2D eigenvalue weighted by atomic mass is 9.80. The maximum absolute atomic E-state index is 11.5. The van der Waals surface area contributed by atoms with Crippen LogP contribution < -0.4 is 5.32 Å². The van der Waals surface area contributed by atoms with Crippen molar-refractivity contribution >= 4 is 5.97 Å². The van der Waals surface area contributed by atoms with Gasteiger partial charge in [-0.3, -0.25) is 4.79 Å². The zero-order valence-electron chi connectivity index (χ0n) is 8.01. The Hall–Kier alpha value is -0.610. The fourth-order valence-electron chi connectivity index (χ4n) is 1.62. The third-order valence-corrected chi connectivity index (χ3v) is 2.57. The molecule has 0 radical (unpaired) electrons. The van der Waals surface area contributed by atoms with Crippen molar-refractivity contribution in [2.24, 2.45) is 5.41 Å². The van der Waals surface area contributed by atoms with Crippen molar-refractivity contribution < 1.29 is 14.6 Å². The highest BCUT2D eigenvalue weighted by atomic mass is 16.5. The number of piperidine rings is 1. The molecule has 0 saturated carbocycles. The second-order valence-corrected chi connectivity index (χ2v) is 3.41. The first-order valence-corrected chi connectivity index (χ1v) is 4.74. The van der Waals surface area contributed by atoms with E-state index in [9.17, 15) is 9.90 Å². The van der Waals surface area contributed by atoms with E-state index in [1.165, 1.54) is 0 Å². The van der Waals surface area contributed by atoms with Crippen LogP contribution in [0.15, 0.2) is 0 Å². The number of ether oxygens (including phenoxy) is 1.